The van der Waals surface area contributed by atoms with E-state index in [9.17, 15) is 4.79 Å². The van der Waals surface area contributed by atoms with Gasteiger partial charge in [-0.05, 0) is 6.92 Å². The Bertz CT molecular complexity index is 163. The summed E-state index contributed by atoms with van der Waals surface area (Å²) in [5, 5.41) is 6.87. The summed E-state index contributed by atoms with van der Waals surface area (Å²) < 4.78 is 4.59. The molecule has 5 N–H and O–H groups in total. The topological polar surface area (TPSA) is 102 Å². The maximum atomic E-state index is 10.7. The lowest BCUT2D eigenvalue weighted by Crippen LogP contribution is -2.38. The first-order valence-corrected chi connectivity index (χ1v) is 3.33. The van der Waals surface area contributed by atoms with Gasteiger partial charge >= 0.3 is 5.97 Å². The number of esters is 1. The highest BCUT2D eigenvalue weighted by Gasteiger charge is 2.11. The number of amidine groups is 1. The smallest absolute Gasteiger partial charge is 0.307 e. The summed E-state index contributed by atoms with van der Waals surface area (Å²) in [6.07, 6.45) is -0.0246. The molecule has 72 valence electrons. The molecule has 0 amide bonds. The van der Waals surface area contributed by atoms with Crippen LogP contribution in [0.5, 0.6) is 0 Å². The van der Waals surface area contributed by atoms with E-state index in [0.29, 0.717) is 6.61 Å². The number of halogens is 1. The van der Waals surface area contributed by atoms with Crippen molar-refractivity contribution in [1.82, 2.24) is 0 Å². The molecule has 1 unspecified atom stereocenters. The van der Waals surface area contributed by atoms with Gasteiger partial charge in [-0.1, -0.05) is 0 Å². The summed E-state index contributed by atoms with van der Waals surface area (Å²) in [5.41, 5.74) is 10.3. The highest BCUT2D eigenvalue weighted by atomic mass is 35.5. The zero-order valence-electron chi connectivity index (χ0n) is 6.87. The van der Waals surface area contributed by atoms with Gasteiger partial charge in [0.05, 0.1) is 19.1 Å². The lowest BCUT2D eigenvalue weighted by Gasteiger charge is -2.07. The minimum absolute atomic E-state index is 0. The molecule has 0 saturated carbocycles. The largest absolute Gasteiger partial charge is 0.466 e. The van der Waals surface area contributed by atoms with Crippen molar-refractivity contribution < 1.29 is 9.53 Å². The van der Waals surface area contributed by atoms with Gasteiger partial charge < -0.3 is 16.2 Å². The fraction of sp³-hybridized carbons (Fsp3) is 0.667. The molecule has 0 aromatic rings. The van der Waals surface area contributed by atoms with Gasteiger partial charge in [0.15, 0.2) is 0 Å². The van der Waals surface area contributed by atoms with E-state index < -0.39 is 12.0 Å². The van der Waals surface area contributed by atoms with Gasteiger partial charge in [-0.15, -0.1) is 12.4 Å². The Labute approximate surface area is 77.4 Å². The minimum Gasteiger partial charge on any atom is -0.466 e. The molecule has 0 radical (unpaired) electrons. The first-order valence-electron chi connectivity index (χ1n) is 3.33. The molecule has 0 saturated heterocycles. The molecule has 0 aliphatic rings. The molecule has 0 aromatic heterocycles. The van der Waals surface area contributed by atoms with Crippen LogP contribution in [0.25, 0.3) is 0 Å². The van der Waals surface area contributed by atoms with E-state index in [0.717, 1.165) is 0 Å². The lowest BCUT2D eigenvalue weighted by atomic mass is 10.2. The number of hydrogen-bond donors (Lipinski definition) is 3. The molecule has 0 spiro atoms. The number of rotatable bonds is 4. The molecule has 5 nitrogen and oxygen atoms in total. The third-order valence-corrected chi connectivity index (χ3v) is 1.09. The van der Waals surface area contributed by atoms with Crippen molar-refractivity contribution in [2.75, 3.05) is 6.61 Å². The average Bonchev–Trinajstić information content (AvgIpc) is 1.87. The predicted molar refractivity (Wildman–Crippen MR) is 48.4 cm³/mol. The number of carbonyl (C=O) groups is 1. The molecule has 0 fully saturated rings. The minimum atomic E-state index is -0.714. The van der Waals surface area contributed by atoms with Crippen LogP contribution in [0, 0.1) is 5.41 Å². The number of carbonyl (C=O) groups excluding carboxylic acids is 1. The Kier molecular flexibility index (Phi) is 7.88. The summed E-state index contributed by atoms with van der Waals surface area (Å²) in [6, 6.07) is -0.714. The molecule has 0 rings (SSSR count). The maximum absolute atomic E-state index is 10.7. The highest BCUT2D eigenvalue weighted by Crippen LogP contribution is 1.90. The monoisotopic (exact) mass is 195 g/mol. The molecule has 0 bridgehead atoms. The average molecular weight is 196 g/mol. The Morgan fingerprint density at radius 3 is 2.50 bits per heavy atom. The summed E-state index contributed by atoms with van der Waals surface area (Å²) in [7, 11) is 0. The Hall–Kier alpha value is -0.810. The molecule has 0 aromatic carbocycles. The van der Waals surface area contributed by atoms with Crippen LogP contribution in [0.1, 0.15) is 13.3 Å². The van der Waals surface area contributed by atoms with E-state index in [1.807, 2.05) is 0 Å². The Morgan fingerprint density at radius 1 is 1.67 bits per heavy atom. The van der Waals surface area contributed by atoms with Crippen LogP contribution < -0.4 is 11.5 Å². The van der Waals surface area contributed by atoms with Gasteiger partial charge in [0.2, 0.25) is 0 Å². The van der Waals surface area contributed by atoms with Crippen LogP contribution in [-0.4, -0.2) is 24.5 Å². The fourth-order valence-corrected chi connectivity index (χ4v) is 0.509. The lowest BCUT2D eigenvalue weighted by molar-refractivity contribution is -0.143. The quantitative estimate of drug-likeness (QED) is 0.323. The van der Waals surface area contributed by atoms with Crippen molar-refractivity contribution >= 4 is 24.2 Å². The highest BCUT2D eigenvalue weighted by molar-refractivity contribution is 5.87. The first-order chi connectivity index (χ1) is 5.07. The van der Waals surface area contributed by atoms with Gasteiger partial charge in [0.25, 0.3) is 0 Å². The van der Waals surface area contributed by atoms with Crippen LogP contribution >= 0.6 is 12.4 Å². The van der Waals surface area contributed by atoms with Crippen molar-refractivity contribution in [3.8, 4) is 0 Å². The van der Waals surface area contributed by atoms with Gasteiger partial charge in [-0.2, -0.15) is 0 Å². The number of ether oxygens (including phenoxy) is 1. The number of nitrogens with one attached hydrogen (secondary N) is 1. The van der Waals surface area contributed by atoms with Gasteiger partial charge in [-0.25, -0.2) is 0 Å². The summed E-state index contributed by atoms with van der Waals surface area (Å²) in [6.45, 7) is 2.03. The SMILES string of the molecule is CCOC(=O)CC(N)C(=N)N.Cl. The van der Waals surface area contributed by atoms with E-state index in [2.05, 4.69) is 4.74 Å². The molecule has 1 atom stereocenters. The van der Waals surface area contributed by atoms with Crippen molar-refractivity contribution in [2.24, 2.45) is 11.5 Å². The van der Waals surface area contributed by atoms with E-state index in [4.69, 9.17) is 16.9 Å². The predicted octanol–water partition coefficient (Wildman–Crippen LogP) is -0.375. The van der Waals surface area contributed by atoms with Gasteiger partial charge in [-0.3, -0.25) is 10.2 Å². The van der Waals surface area contributed by atoms with Crippen LogP contribution in [0.4, 0.5) is 0 Å². The Balaban J connectivity index is 0. The zero-order chi connectivity index (χ0) is 8.85. The number of nitrogens with two attached hydrogens (primary N) is 2. The van der Waals surface area contributed by atoms with Crippen molar-refractivity contribution in [1.29, 1.82) is 5.41 Å². The molecule has 12 heavy (non-hydrogen) atoms. The third-order valence-electron chi connectivity index (χ3n) is 1.09. The van der Waals surface area contributed by atoms with Gasteiger partial charge in [0.1, 0.15) is 5.84 Å². The summed E-state index contributed by atoms with van der Waals surface area (Å²) in [4.78, 5) is 10.7. The molecule has 6 heteroatoms. The van der Waals surface area contributed by atoms with Crippen molar-refractivity contribution in [2.45, 2.75) is 19.4 Å². The second-order valence-electron chi connectivity index (χ2n) is 2.07. The van der Waals surface area contributed by atoms with Gasteiger partial charge in [0, 0.05) is 0 Å². The molecular formula is C6H14ClN3O2. The van der Waals surface area contributed by atoms with Crippen LogP contribution in [0.3, 0.4) is 0 Å². The second kappa shape index (κ2) is 6.87. The normalized spacial score (nSPS) is 11.2. The van der Waals surface area contributed by atoms with Crippen LogP contribution in [-0.2, 0) is 9.53 Å². The molecule has 0 aliphatic heterocycles. The maximum Gasteiger partial charge on any atom is 0.307 e. The zero-order valence-corrected chi connectivity index (χ0v) is 7.69. The van der Waals surface area contributed by atoms with E-state index in [-0.39, 0.29) is 24.7 Å². The molecular weight excluding hydrogens is 182 g/mol. The summed E-state index contributed by atoms with van der Waals surface area (Å²) in [5.74, 6) is -0.617. The molecule has 0 heterocycles. The van der Waals surface area contributed by atoms with E-state index >= 15 is 0 Å². The number of hydrogen-bond acceptors (Lipinski definition) is 4. The Morgan fingerprint density at radius 2 is 2.17 bits per heavy atom. The van der Waals surface area contributed by atoms with E-state index in [1.54, 1.807) is 6.92 Å². The van der Waals surface area contributed by atoms with Crippen molar-refractivity contribution in [3.05, 3.63) is 0 Å². The fourth-order valence-electron chi connectivity index (χ4n) is 0.509. The standard InChI is InChI=1S/C6H13N3O2.ClH/c1-2-11-5(10)3-4(7)6(8)9;/h4H,2-3,7H2,1H3,(H3,8,9);1H. The molecule has 0 aliphatic carbocycles. The van der Waals surface area contributed by atoms with E-state index in [1.165, 1.54) is 0 Å². The summed E-state index contributed by atoms with van der Waals surface area (Å²) >= 11 is 0. The van der Waals surface area contributed by atoms with Crippen molar-refractivity contribution in [3.63, 3.8) is 0 Å². The second-order valence-corrected chi connectivity index (χ2v) is 2.07. The first kappa shape index (κ1) is 13.8. The van der Waals surface area contributed by atoms with Crippen LogP contribution in [0.15, 0.2) is 0 Å². The third kappa shape index (κ3) is 5.94. The van der Waals surface area contributed by atoms with Crippen LogP contribution in [0.2, 0.25) is 0 Å².